The van der Waals surface area contributed by atoms with Crippen molar-refractivity contribution < 1.29 is 13.9 Å². The van der Waals surface area contributed by atoms with Crippen molar-refractivity contribution in [2.75, 3.05) is 26.2 Å². The Bertz CT molecular complexity index is 159. The smallest absolute Gasteiger partial charge is 0.282 e. The van der Waals surface area contributed by atoms with Gasteiger partial charge in [-0.1, -0.05) is 0 Å². The van der Waals surface area contributed by atoms with Crippen LogP contribution in [0, 0.1) is 0 Å². The van der Waals surface area contributed by atoms with Crippen molar-refractivity contribution in [3.05, 3.63) is 0 Å². The van der Waals surface area contributed by atoms with Crippen LogP contribution in [0.1, 0.15) is 19.3 Å². The molecule has 0 saturated carbocycles. The zero-order valence-corrected chi connectivity index (χ0v) is 8.23. The highest BCUT2D eigenvalue weighted by atomic mass is 19.3. The summed E-state index contributed by atoms with van der Waals surface area (Å²) in [4.78, 5) is 0. The van der Waals surface area contributed by atoms with Crippen LogP contribution in [-0.2, 0) is 0 Å². The fourth-order valence-corrected chi connectivity index (χ4v) is 1.57. The van der Waals surface area contributed by atoms with Gasteiger partial charge in [-0.3, -0.25) is 0 Å². The van der Waals surface area contributed by atoms with Crippen LogP contribution in [0.4, 0.5) is 8.78 Å². The summed E-state index contributed by atoms with van der Waals surface area (Å²) in [5, 5.41) is 14.4. The lowest BCUT2D eigenvalue weighted by Crippen LogP contribution is -2.41. The molecule has 3 nitrogen and oxygen atoms in total. The molecule has 1 aliphatic heterocycles. The molecule has 0 radical (unpaired) electrons. The Hall–Kier alpha value is -0.260. The molecule has 0 spiro atoms. The summed E-state index contributed by atoms with van der Waals surface area (Å²) in [5.41, 5.74) is 0. The fourth-order valence-electron chi connectivity index (χ4n) is 1.57. The Labute approximate surface area is 82.9 Å². The van der Waals surface area contributed by atoms with Crippen molar-refractivity contribution in [1.82, 2.24) is 10.6 Å². The molecule has 0 aromatic rings. The monoisotopic (exact) mass is 208 g/mol. The summed E-state index contributed by atoms with van der Waals surface area (Å²) >= 11 is 0. The lowest BCUT2D eigenvalue weighted by Gasteiger charge is -2.20. The maximum Gasteiger partial charge on any atom is 0.282 e. The van der Waals surface area contributed by atoms with Gasteiger partial charge in [0.1, 0.15) is 6.61 Å². The average Bonchev–Trinajstić information content (AvgIpc) is 2.43. The highest BCUT2D eigenvalue weighted by Crippen LogP contribution is 2.12. The molecule has 1 aliphatic rings. The first-order chi connectivity index (χ1) is 6.64. The number of hydrogen-bond donors (Lipinski definition) is 3. The SMILES string of the molecule is OCC(F)(F)CNC1CCCNCC1. The quantitative estimate of drug-likeness (QED) is 0.624. The molecular weight excluding hydrogens is 190 g/mol. The van der Waals surface area contributed by atoms with Crippen molar-refractivity contribution in [1.29, 1.82) is 0 Å². The van der Waals surface area contributed by atoms with E-state index in [1.165, 1.54) is 0 Å². The predicted molar refractivity (Wildman–Crippen MR) is 50.5 cm³/mol. The number of nitrogens with one attached hydrogen (secondary N) is 2. The Morgan fingerprint density at radius 2 is 2.14 bits per heavy atom. The summed E-state index contributed by atoms with van der Waals surface area (Å²) in [6.45, 7) is 0.343. The molecule has 14 heavy (non-hydrogen) atoms. The van der Waals surface area contributed by atoms with Crippen molar-refractivity contribution in [2.24, 2.45) is 0 Å². The molecule has 84 valence electrons. The van der Waals surface area contributed by atoms with Gasteiger partial charge in [-0.2, -0.15) is 0 Å². The van der Waals surface area contributed by atoms with Gasteiger partial charge in [0.2, 0.25) is 0 Å². The normalized spacial score (nSPS) is 24.6. The highest BCUT2D eigenvalue weighted by Gasteiger charge is 2.28. The molecule has 1 fully saturated rings. The van der Waals surface area contributed by atoms with E-state index in [2.05, 4.69) is 10.6 Å². The minimum Gasteiger partial charge on any atom is -0.390 e. The summed E-state index contributed by atoms with van der Waals surface area (Å²) < 4.78 is 25.4. The van der Waals surface area contributed by atoms with Crippen LogP contribution in [-0.4, -0.2) is 43.3 Å². The van der Waals surface area contributed by atoms with Crippen molar-refractivity contribution in [2.45, 2.75) is 31.2 Å². The number of hydrogen-bond acceptors (Lipinski definition) is 3. The van der Waals surface area contributed by atoms with Gasteiger partial charge in [-0.15, -0.1) is 0 Å². The fraction of sp³-hybridized carbons (Fsp3) is 1.00. The van der Waals surface area contributed by atoms with E-state index in [1.807, 2.05) is 0 Å². The lowest BCUT2D eigenvalue weighted by atomic mass is 10.1. The first-order valence-corrected chi connectivity index (χ1v) is 5.07. The minimum atomic E-state index is -2.99. The third kappa shape index (κ3) is 4.30. The second-order valence-electron chi connectivity index (χ2n) is 3.77. The molecule has 1 saturated heterocycles. The summed E-state index contributed by atoms with van der Waals surface area (Å²) in [7, 11) is 0. The van der Waals surface area contributed by atoms with E-state index in [1.54, 1.807) is 0 Å². The number of halogens is 2. The Kier molecular flexibility index (Phi) is 4.71. The van der Waals surface area contributed by atoms with E-state index in [4.69, 9.17) is 5.11 Å². The van der Waals surface area contributed by atoms with Gasteiger partial charge >= 0.3 is 0 Å². The van der Waals surface area contributed by atoms with E-state index in [0.29, 0.717) is 0 Å². The first kappa shape index (κ1) is 11.8. The van der Waals surface area contributed by atoms with Gasteiger partial charge in [0.05, 0.1) is 6.54 Å². The average molecular weight is 208 g/mol. The topological polar surface area (TPSA) is 44.3 Å². The third-order valence-electron chi connectivity index (χ3n) is 2.46. The number of alkyl halides is 2. The molecule has 1 rings (SSSR count). The summed E-state index contributed by atoms with van der Waals surface area (Å²) in [6.07, 6.45) is 2.82. The van der Waals surface area contributed by atoms with E-state index in [-0.39, 0.29) is 6.04 Å². The second kappa shape index (κ2) is 5.58. The van der Waals surface area contributed by atoms with Crippen molar-refractivity contribution >= 4 is 0 Å². The third-order valence-corrected chi connectivity index (χ3v) is 2.46. The minimum absolute atomic E-state index is 0.155. The highest BCUT2D eigenvalue weighted by molar-refractivity contribution is 4.76. The number of aliphatic hydroxyl groups is 1. The van der Waals surface area contributed by atoms with Crippen molar-refractivity contribution in [3.8, 4) is 0 Å². The van der Waals surface area contributed by atoms with Gasteiger partial charge in [0.25, 0.3) is 5.92 Å². The molecule has 0 aliphatic carbocycles. The Balaban J connectivity index is 2.22. The molecule has 0 aromatic carbocycles. The van der Waals surface area contributed by atoms with Gasteiger partial charge in [0.15, 0.2) is 0 Å². The van der Waals surface area contributed by atoms with Crippen LogP contribution in [0.3, 0.4) is 0 Å². The number of rotatable bonds is 4. The van der Waals surface area contributed by atoms with Crippen LogP contribution < -0.4 is 10.6 Å². The molecular formula is C9H18F2N2O. The maximum absolute atomic E-state index is 12.7. The molecule has 1 unspecified atom stereocenters. The zero-order chi connectivity index (χ0) is 10.4. The molecule has 3 N–H and O–H groups in total. The molecule has 1 atom stereocenters. The van der Waals surface area contributed by atoms with E-state index in [0.717, 1.165) is 32.4 Å². The van der Waals surface area contributed by atoms with E-state index in [9.17, 15) is 8.78 Å². The maximum atomic E-state index is 12.7. The first-order valence-electron chi connectivity index (χ1n) is 5.07. The van der Waals surface area contributed by atoms with Gasteiger partial charge < -0.3 is 15.7 Å². The summed E-state index contributed by atoms with van der Waals surface area (Å²) in [6, 6.07) is 0.155. The number of aliphatic hydroxyl groups excluding tert-OH is 1. The lowest BCUT2D eigenvalue weighted by molar-refractivity contribution is -0.0495. The van der Waals surface area contributed by atoms with Crippen LogP contribution >= 0.6 is 0 Å². The van der Waals surface area contributed by atoms with Crippen LogP contribution in [0.5, 0.6) is 0 Å². The van der Waals surface area contributed by atoms with E-state index >= 15 is 0 Å². The van der Waals surface area contributed by atoms with Crippen molar-refractivity contribution in [3.63, 3.8) is 0 Å². The Morgan fingerprint density at radius 1 is 1.36 bits per heavy atom. The largest absolute Gasteiger partial charge is 0.390 e. The second-order valence-corrected chi connectivity index (χ2v) is 3.77. The van der Waals surface area contributed by atoms with Gasteiger partial charge in [-0.05, 0) is 32.4 Å². The molecule has 0 bridgehead atoms. The standard InChI is InChI=1S/C9H18F2N2O/c10-9(11,7-14)6-13-8-2-1-4-12-5-3-8/h8,12-14H,1-7H2. The summed E-state index contributed by atoms with van der Waals surface area (Å²) in [5.74, 6) is -2.99. The molecule has 0 amide bonds. The molecule has 1 heterocycles. The van der Waals surface area contributed by atoms with Gasteiger partial charge in [-0.25, -0.2) is 8.78 Å². The van der Waals surface area contributed by atoms with Gasteiger partial charge in [0, 0.05) is 6.04 Å². The Morgan fingerprint density at radius 3 is 2.86 bits per heavy atom. The zero-order valence-electron chi connectivity index (χ0n) is 8.23. The van der Waals surface area contributed by atoms with Crippen LogP contribution in [0.2, 0.25) is 0 Å². The molecule has 5 heteroatoms. The van der Waals surface area contributed by atoms with Crippen LogP contribution in [0.15, 0.2) is 0 Å². The molecule has 0 aromatic heterocycles. The van der Waals surface area contributed by atoms with Crippen LogP contribution in [0.25, 0.3) is 0 Å². The predicted octanol–water partition coefficient (Wildman–Crippen LogP) is 0.346. The van der Waals surface area contributed by atoms with E-state index < -0.39 is 19.1 Å².